The highest BCUT2D eigenvalue weighted by atomic mass is 16.5. The minimum atomic E-state index is -0.343. The molecule has 0 saturated carbocycles. The van der Waals surface area contributed by atoms with Crippen LogP contribution in [0.5, 0.6) is 0 Å². The second kappa shape index (κ2) is 4.79. The van der Waals surface area contributed by atoms with Gasteiger partial charge in [0.15, 0.2) is 5.69 Å². The highest BCUT2D eigenvalue weighted by Crippen LogP contribution is 2.19. The third kappa shape index (κ3) is 2.13. The molecule has 0 aliphatic carbocycles. The van der Waals surface area contributed by atoms with Crippen molar-refractivity contribution >= 4 is 5.97 Å². The maximum absolute atomic E-state index is 11.4. The number of aromatic amines is 1. The number of nitrogens with zero attached hydrogens (tertiary/aromatic N) is 1. The lowest BCUT2D eigenvalue weighted by molar-refractivity contribution is 0.0518. The Kier molecular flexibility index (Phi) is 3.68. The van der Waals surface area contributed by atoms with Crippen LogP contribution in [0.4, 0.5) is 0 Å². The molecule has 1 aromatic heterocycles. The number of esters is 1. The summed E-state index contributed by atoms with van der Waals surface area (Å²) in [6.45, 7) is 6.29. The number of imidazole rings is 1. The summed E-state index contributed by atoms with van der Waals surface area (Å²) >= 11 is 0. The Bertz CT molecular complexity index is 307. The molecule has 1 heterocycles. The monoisotopic (exact) mass is 196 g/mol. The van der Waals surface area contributed by atoms with Crippen LogP contribution < -0.4 is 0 Å². The van der Waals surface area contributed by atoms with E-state index >= 15 is 0 Å². The van der Waals surface area contributed by atoms with Crippen LogP contribution in [-0.2, 0) is 4.74 Å². The normalized spacial score (nSPS) is 12.5. The summed E-state index contributed by atoms with van der Waals surface area (Å²) in [6, 6.07) is 0. The molecule has 0 radical (unpaired) electrons. The molecule has 1 unspecified atom stereocenters. The van der Waals surface area contributed by atoms with Crippen LogP contribution in [0.25, 0.3) is 0 Å². The van der Waals surface area contributed by atoms with E-state index in [0.29, 0.717) is 18.2 Å². The largest absolute Gasteiger partial charge is 0.461 e. The fourth-order valence-electron chi connectivity index (χ4n) is 1.25. The van der Waals surface area contributed by atoms with Crippen molar-refractivity contribution in [1.82, 2.24) is 9.97 Å². The van der Waals surface area contributed by atoms with E-state index in [2.05, 4.69) is 23.8 Å². The molecular weight excluding hydrogens is 180 g/mol. The van der Waals surface area contributed by atoms with Gasteiger partial charge in [0.2, 0.25) is 0 Å². The van der Waals surface area contributed by atoms with E-state index in [1.165, 1.54) is 6.33 Å². The molecule has 0 spiro atoms. The van der Waals surface area contributed by atoms with Crippen molar-refractivity contribution in [1.29, 1.82) is 0 Å². The smallest absolute Gasteiger partial charge is 0.358 e. The zero-order valence-corrected chi connectivity index (χ0v) is 8.83. The van der Waals surface area contributed by atoms with Gasteiger partial charge in [0.1, 0.15) is 0 Å². The minimum absolute atomic E-state index is 0.303. The van der Waals surface area contributed by atoms with Crippen molar-refractivity contribution in [2.24, 2.45) is 0 Å². The van der Waals surface area contributed by atoms with Gasteiger partial charge in [0.05, 0.1) is 18.6 Å². The van der Waals surface area contributed by atoms with E-state index in [9.17, 15) is 4.79 Å². The summed E-state index contributed by atoms with van der Waals surface area (Å²) in [6.07, 6.45) is 2.50. The van der Waals surface area contributed by atoms with Crippen LogP contribution in [0.2, 0.25) is 0 Å². The molecule has 1 rings (SSSR count). The molecule has 14 heavy (non-hydrogen) atoms. The maximum atomic E-state index is 11.4. The van der Waals surface area contributed by atoms with Gasteiger partial charge in [-0.15, -0.1) is 0 Å². The third-order valence-corrected chi connectivity index (χ3v) is 2.24. The van der Waals surface area contributed by atoms with Gasteiger partial charge in [-0.3, -0.25) is 0 Å². The van der Waals surface area contributed by atoms with E-state index < -0.39 is 0 Å². The predicted octanol–water partition coefficient (Wildman–Crippen LogP) is 2.10. The highest BCUT2D eigenvalue weighted by Gasteiger charge is 2.18. The molecule has 78 valence electrons. The molecule has 0 aliphatic heterocycles. The van der Waals surface area contributed by atoms with Crippen molar-refractivity contribution in [3.63, 3.8) is 0 Å². The standard InChI is InChI=1S/C10H16N2O2/c1-4-7(3)8-9(12-6-11-8)10(13)14-5-2/h6-7H,4-5H2,1-3H3,(H,11,12). The quantitative estimate of drug-likeness (QED) is 0.750. The fourth-order valence-corrected chi connectivity index (χ4v) is 1.25. The van der Waals surface area contributed by atoms with E-state index in [1.807, 2.05) is 0 Å². The lowest BCUT2D eigenvalue weighted by atomic mass is 10.0. The van der Waals surface area contributed by atoms with Crippen molar-refractivity contribution in [2.75, 3.05) is 6.61 Å². The lowest BCUT2D eigenvalue weighted by Gasteiger charge is -2.07. The van der Waals surface area contributed by atoms with Gasteiger partial charge in [0.25, 0.3) is 0 Å². The van der Waals surface area contributed by atoms with Crippen LogP contribution in [0, 0.1) is 0 Å². The Morgan fingerprint density at radius 3 is 2.93 bits per heavy atom. The summed E-state index contributed by atoms with van der Waals surface area (Å²) in [7, 11) is 0. The van der Waals surface area contributed by atoms with Gasteiger partial charge >= 0.3 is 5.97 Å². The molecule has 1 aromatic rings. The van der Waals surface area contributed by atoms with Gasteiger partial charge in [-0.2, -0.15) is 0 Å². The van der Waals surface area contributed by atoms with Crippen LogP contribution in [-0.4, -0.2) is 22.5 Å². The fraction of sp³-hybridized carbons (Fsp3) is 0.600. The Morgan fingerprint density at radius 2 is 2.36 bits per heavy atom. The van der Waals surface area contributed by atoms with Gasteiger partial charge in [-0.25, -0.2) is 9.78 Å². The third-order valence-electron chi connectivity index (χ3n) is 2.24. The van der Waals surface area contributed by atoms with Gasteiger partial charge < -0.3 is 9.72 Å². The van der Waals surface area contributed by atoms with Gasteiger partial charge in [-0.05, 0) is 19.3 Å². The number of hydrogen-bond acceptors (Lipinski definition) is 3. The molecule has 0 fully saturated rings. The first-order valence-electron chi connectivity index (χ1n) is 4.91. The van der Waals surface area contributed by atoms with Crippen molar-refractivity contribution in [3.05, 3.63) is 17.7 Å². The molecular formula is C10H16N2O2. The van der Waals surface area contributed by atoms with Crippen LogP contribution in [0.3, 0.4) is 0 Å². The van der Waals surface area contributed by atoms with Crippen molar-refractivity contribution in [2.45, 2.75) is 33.1 Å². The number of aromatic nitrogens is 2. The Hall–Kier alpha value is -1.32. The first kappa shape index (κ1) is 10.8. The lowest BCUT2D eigenvalue weighted by Crippen LogP contribution is -2.09. The number of H-pyrrole nitrogens is 1. The average molecular weight is 196 g/mol. The molecule has 1 atom stereocenters. The molecule has 0 aromatic carbocycles. The summed E-state index contributed by atoms with van der Waals surface area (Å²) in [5.41, 5.74) is 1.28. The van der Waals surface area contributed by atoms with Crippen LogP contribution in [0.15, 0.2) is 6.33 Å². The summed E-state index contributed by atoms with van der Waals surface area (Å²) in [4.78, 5) is 18.4. The van der Waals surface area contributed by atoms with Crippen molar-refractivity contribution in [3.8, 4) is 0 Å². The summed E-state index contributed by atoms with van der Waals surface area (Å²) in [5, 5.41) is 0. The van der Waals surface area contributed by atoms with E-state index in [1.54, 1.807) is 6.92 Å². The Morgan fingerprint density at radius 1 is 1.64 bits per heavy atom. The first-order valence-corrected chi connectivity index (χ1v) is 4.91. The number of carbonyl (C=O) groups is 1. The van der Waals surface area contributed by atoms with E-state index in [-0.39, 0.29) is 5.97 Å². The van der Waals surface area contributed by atoms with E-state index in [0.717, 1.165) is 12.1 Å². The summed E-state index contributed by atoms with van der Waals surface area (Å²) in [5.74, 6) is -0.0408. The summed E-state index contributed by atoms with van der Waals surface area (Å²) < 4.78 is 4.90. The average Bonchev–Trinajstić information content (AvgIpc) is 2.65. The molecule has 0 saturated heterocycles. The minimum Gasteiger partial charge on any atom is -0.461 e. The molecule has 0 aliphatic rings. The predicted molar refractivity (Wildman–Crippen MR) is 53.3 cm³/mol. The Balaban J connectivity index is 2.86. The van der Waals surface area contributed by atoms with Gasteiger partial charge in [0, 0.05) is 0 Å². The number of hydrogen-bond donors (Lipinski definition) is 1. The first-order chi connectivity index (χ1) is 6.70. The molecule has 4 heteroatoms. The molecule has 1 N–H and O–H groups in total. The van der Waals surface area contributed by atoms with E-state index in [4.69, 9.17) is 4.74 Å². The number of carbonyl (C=O) groups excluding carboxylic acids is 1. The number of ether oxygens (including phenoxy) is 1. The maximum Gasteiger partial charge on any atom is 0.358 e. The van der Waals surface area contributed by atoms with Crippen LogP contribution >= 0.6 is 0 Å². The SMILES string of the molecule is CCOC(=O)c1nc[nH]c1C(C)CC. The van der Waals surface area contributed by atoms with Crippen molar-refractivity contribution < 1.29 is 9.53 Å². The highest BCUT2D eigenvalue weighted by molar-refractivity contribution is 5.88. The molecule has 0 amide bonds. The van der Waals surface area contributed by atoms with Gasteiger partial charge in [-0.1, -0.05) is 13.8 Å². The topological polar surface area (TPSA) is 55.0 Å². The molecule has 0 bridgehead atoms. The zero-order chi connectivity index (χ0) is 10.6. The molecule has 4 nitrogen and oxygen atoms in total. The number of rotatable bonds is 4. The number of nitrogens with one attached hydrogen (secondary N) is 1. The second-order valence-electron chi connectivity index (χ2n) is 3.19. The zero-order valence-electron chi connectivity index (χ0n) is 8.83. The Labute approximate surface area is 83.7 Å². The second-order valence-corrected chi connectivity index (χ2v) is 3.19. The van der Waals surface area contributed by atoms with Crippen LogP contribution in [0.1, 0.15) is 49.3 Å².